The minimum atomic E-state index is -0.502. The number of hydrogen-bond acceptors (Lipinski definition) is 4. The van der Waals surface area contributed by atoms with Gasteiger partial charge in [-0.1, -0.05) is 6.92 Å². The highest BCUT2D eigenvalue weighted by Gasteiger charge is 2.22. The number of fused-ring (bicyclic) bond motifs is 1. The fourth-order valence-electron chi connectivity index (χ4n) is 2.96. The van der Waals surface area contributed by atoms with Gasteiger partial charge >= 0.3 is 0 Å². The van der Waals surface area contributed by atoms with Crippen molar-refractivity contribution >= 4 is 11.6 Å². The van der Waals surface area contributed by atoms with E-state index in [1.807, 2.05) is 6.92 Å². The molecule has 1 heterocycles. The molecule has 2 aromatic rings. The maximum absolute atomic E-state index is 14.1. The second-order valence-corrected chi connectivity index (χ2v) is 6.04. The van der Waals surface area contributed by atoms with Crippen molar-refractivity contribution in [3.8, 4) is 5.75 Å². The Kier molecular flexibility index (Phi) is 5.65. The average Bonchev–Trinajstić information content (AvgIpc) is 3.04. The summed E-state index contributed by atoms with van der Waals surface area (Å²) in [7, 11) is 0. The third-order valence-corrected chi connectivity index (χ3v) is 4.25. The van der Waals surface area contributed by atoms with Crippen molar-refractivity contribution in [2.45, 2.75) is 32.6 Å². The molecule has 1 aliphatic rings. The van der Waals surface area contributed by atoms with Crippen LogP contribution in [0.1, 0.15) is 41.5 Å². The molecular weight excluding hydrogens is 323 g/mol. The summed E-state index contributed by atoms with van der Waals surface area (Å²) in [5.74, 6) is -0.647. The number of benzene rings is 1. The van der Waals surface area contributed by atoms with E-state index >= 15 is 0 Å². The molecular formula is C18H23FN4O2. The maximum Gasteiger partial charge on any atom is 0.276 e. The van der Waals surface area contributed by atoms with E-state index in [9.17, 15) is 9.18 Å². The van der Waals surface area contributed by atoms with Crippen LogP contribution in [0, 0.1) is 5.82 Å². The largest absolute Gasteiger partial charge is 0.489 e. The number of aromatic nitrogens is 2. The molecule has 1 aliphatic carbocycles. The molecule has 0 bridgehead atoms. The van der Waals surface area contributed by atoms with Gasteiger partial charge in [-0.25, -0.2) is 4.39 Å². The number of ether oxygens (including phenoxy) is 1. The van der Waals surface area contributed by atoms with Crippen molar-refractivity contribution < 1.29 is 13.9 Å². The third-order valence-electron chi connectivity index (χ3n) is 4.25. The van der Waals surface area contributed by atoms with Crippen LogP contribution < -0.4 is 15.4 Å². The van der Waals surface area contributed by atoms with Crippen molar-refractivity contribution in [1.82, 2.24) is 15.5 Å². The number of carbonyl (C=O) groups is 1. The highest BCUT2D eigenvalue weighted by molar-refractivity contribution is 6.04. The normalized spacial score (nSPS) is 13.4. The van der Waals surface area contributed by atoms with Crippen LogP contribution in [-0.4, -0.2) is 35.8 Å². The Bertz CT molecular complexity index is 745. The number of nitrogens with one attached hydrogen (secondary N) is 3. The minimum Gasteiger partial charge on any atom is -0.489 e. The van der Waals surface area contributed by atoms with Crippen molar-refractivity contribution in [2.75, 3.05) is 25.0 Å². The summed E-state index contributed by atoms with van der Waals surface area (Å²) in [6, 6.07) is 4.42. The molecule has 1 aromatic heterocycles. The minimum absolute atomic E-state index is 0.174. The fourth-order valence-corrected chi connectivity index (χ4v) is 2.96. The predicted octanol–water partition coefficient (Wildman–Crippen LogP) is 2.67. The number of halogens is 1. The van der Waals surface area contributed by atoms with Gasteiger partial charge < -0.3 is 15.4 Å². The number of amides is 1. The first-order chi connectivity index (χ1) is 12.2. The summed E-state index contributed by atoms with van der Waals surface area (Å²) < 4.78 is 19.5. The molecule has 134 valence electrons. The van der Waals surface area contributed by atoms with Crippen LogP contribution in [0.5, 0.6) is 5.75 Å². The number of aryl methyl sites for hydroxylation is 1. The fraction of sp³-hybridized carbons (Fsp3) is 0.444. The van der Waals surface area contributed by atoms with Crippen LogP contribution in [0.3, 0.4) is 0 Å². The molecule has 0 spiro atoms. The summed E-state index contributed by atoms with van der Waals surface area (Å²) in [5.41, 5.74) is 2.80. The summed E-state index contributed by atoms with van der Waals surface area (Å²) in [5, 5.41) is 12.9. The van der Waals surface area contributed by atoms with Crippen LogP contribution >= 0.6 is 0 Å². The molecule has 3 rings (SSSR count). The number of rotatable bonds is 7. The van der Waals surface area contributed by atoms with E-state index in [0.29, 0.717) is 24.5 Å². The van der Waals surface area contributed by atoms with Crippen molar-refractivity contribution in [3.05, 3.63) is 41.0 Å². The number of carbonyl (C=O) groups excluding carboxylic acids is 1. The zero-order valence-corrected chi connectivity index (χ0v) is 14.3. The lowest BCUT2D eigenvalue weighted by Gasteiger charge is -2.12. The second kappa shape index (κ2) is 8.11. The van der Waals surface area contributed by atoms with E-state index in [0.717, 1.165) is 43.5 Å². The summed E-state index contributed by atoms with van der Waals surface area (Å²) >= 11 is 0. The zero-order valence-electron chi connectivity index (χ0n) is 14.3. The Balaban J connectivity index is 1.63. The highest BCUT2D eigenvalue weighted by Crippen LogP contribution is 2.24. The topological polar surface area (TPSA) is 79.0 Å². The van der Waals surface area contributed by atoms with Crippen molar-refractivity contribution in [2.24, 2.45) is 0 Å². The summed E-state index contributed by atoms with van der Waals surface area (Å²) in [4.78, 5) is 12.4. The molecule has 0 aliphatic heterocycles. The van der Waals surface area contributed by atoms with E-state index in [-0.39, 0.29) is 11.7 Å². The van der Waals surface area contributed by atoms with Gasteiger partial charge in [0.2, 0.25) is 0 Å². The number of anilines is 1. The zero-order chi connectivity index (χ0) is 17.6. The van der Waals surface area contributed by atoms with Gasteiger partial charge in [-0.05, 0) is 44.4 Å². The van der Waals surface area contributed by atoms with E-state index in [4.69, 9.17) is 4.74 Å². The van der Waals surface area contributed by atoms with Crippen LogP contribution in [0.4, 0.5) is 10.1 Å². The quantitative estimate of drug-likeness (QED) is 0.674. The van der Waals surface area contributed by atoms with Crippen LogP contribution in [-0.2, 0) is 12.8 Å². The van der Waals surface area contributed by atoms with E-state index < -0.39 is 5.82 Å². The molecule has 25 heavy (non-hydrogen) atoms. The van der Waals surface area contributed by atoms with Crippen LogP contribution in [0.2, 0.25) is 0 Å². The van der Waals surface area contributed by atoms with Crippen molar-refractivity contribution in [1.29, 1.82) is 0 Å². The smallest absolute Gasteiger partial charge is 0.276 e. The van der Waals surface area contributed by atoms with Gasteiger partial charge in [-0.2, -0.15) is 5.10 Å². The molecule has 1 aromatic carbocycles. The maximum atomic E-state index is 14.1. The first-order valence-corrected chi connectivity index (χ1v) is 8.69. The molecule has 6 nitrogen and oxygen atoms in total. The van der Waals surface area contributed by atoms with E-state index in [1.165, 1.54) is 12.1 Å². The average molecular weight is 346 g/mol. The predicted molar refractivity (Wildman–Crippen MR) is 93.6 cm³/mol. The van der Waals surface area contributed by atoms with Gasteiger partial charge in [0.1, 0.15) is 6.61 Å². The summed E-state index contributed by atoms with van der Waals surface area (Å²) in [6.07, 6.45) is 3.93. The number of H-pyrrole nitrogens is 1. The number of hydrogen-bond donors (Lipinski definition) is 3. The van der Waals surface area contributed by atoms with Gasteiger partial charge in [-0.3, -0.25) is 9.89 Å². The van der Waals surface area contributed by atoms with E-state index in [1.54, 1.807) is 6.07 Å². The lowest BCUT2D eigenvalue weighted by atomic mass is 9.96. The molecule has 0 unspecified atom stereocenters. The molecule has 0 fully saturated rings. The van der Waals surface area contributed by atoms with Gasteiger partial charge in [0.15, 0.2) is 17.3 Å². The monoisotopic (exact) mass is 346 g/mol. The molecule has 3 N–H and O–H groups in total. The molecule has 0 atom stereocenters. The molecule has 7 heteroatoms. The third kappa shape index (κ3) is 4.17. The molecule has 0 saturated carbocycles. The second-order valence-electron chi connectivity index (χ2n) is 6.04. The first-order valence-electron chi connectivity index (χ1n) is 8.69. The summed E-state index contributed by atoms with van der Waals surface area (Å²) in [6.45, 7) is 3.87. The lowest BCUT2D eigenvalue weighted by molar-refractivity contribution is 0.102. The van der Waals surface area contributed by atoms with Crippen LogP contribution in [0.15, 0.2) is 18.2 Å². The Hall–Kier alpha value is -2.41. The molecule has 0 radical (unpaired) electrons. The van der Waals surface area contributed by atoms with Gasteiger partial charge in [-0.15, -0.1) is 0 Å². The number of nitrogens with zero attached hydrogens (tertiary/aromatic N) is 1. The van der Waals surface area contributed by atoms with Crippen LogP contribution in [0.25, 0.3) is 0 Å². The number of likely N-dealkylation sites (N-methyl/N-ethyl adjacent to an activating group) is 1. The Morgan fingerprint density at radius 3 is 3.00 bits per heavy atom. The number of aromatic amines is 1. The van der Waals surface area contributed by atoms with Gasteiger partial charge in [0, 0.05) is 29.6 Å². The lowest BCUT2D eigenvalue weighted by Crippen LogP contribution is -2.20. The highest BCUT2D eigenvalue weighted by atomic mass is 19.1. The van der Waals surface area contributed by atoms with Gasteiger partial charge in [0.05, 0.1) is 0 Å². The Morgan fingerprint density at radius 1 is 1.36 bits per heavy atom. The molecule has 0 saturated heterocycles. The Morgan fingerprint density at radius 2 is 2.20 bits per heavy atom. The SMILES string of the molecule is CCNCCOc1ccc(NC(=O)c2n[nH]c3c2CCCC3)cc1F. The van der Waals surface area contributed by atoms with Gasteiger partial charge in [0.25, 0.3) is 5.91 Å². The Labute approximate surface area is 146 Å². The van der Waals surface area contributed by atoms with Crippen molar-refractivity contribution in [3.63, 3.8) is 0 Å². The van der Waals surface area contributed by atoms with E-state index in [2.05, 4.69) is 20.8 Å². The first kappa shape index (κ1) is 17.4. The standard InChI is InChI=1S/C18H23FN4O2/c1-2-20-9-10-25-16-8-7-12(11-14(16)19)21-18(24)17-13-5-3-4-6-15(13)22-23-17/h7-8,11,20H,2-6,9-10H2,1H3,(H,21,24)(H,22,23). The molecule has 1 amide bonds.